The third-order valence-corrected chi connectivity index (χ3v) is 3.27. The highest BCUT2D eigenvalue weighted by molar-refractivity contribution is 5.83. The van der Waals surface area contributed by atoms with Crippen LogP contribution in [0.2, 0.25) is 0 Å². The second-order valence-electron chi connectivity index (χ2n) is 7.20. The highest BCUT2D eigenvalue weighted by atomic mass is 16.5. The average Bonchev–Trinajstić information content (AvgIpc) is 2.86. The molecule has 0 aliphatic rings. The van der Waals surface area contributed by atoms with Crippen LogP contribution in [0.4, 0.5) is 0 Å². The van der Waals surface area contributed by atoms with Crippen LogP contribution in [0.5, 0.6) is 0 Å². The van der Waals surface area contributed by atoms with Crippen molar-refractivity contribution in [1.29, 1.82) is 0 Å². The number of nitrogens with zero attached hydrogens (tertiary/aromatic N) is 2. The largest absolute Gasteiger partial charge is 0.480 e. The molecule has 0 fully saturated rings. The molecule has 0 radical (unpaired) electrons. The van der Waals surface area contributed by atoms with Crippen LogP contribution in [-0.4, -0.2) is 33.2 Å². The first kappa shape index (κ1) is 19.1. The Kier molecular flexibility index (Phi) is 6.72. The standard InChI is InChI=1S/C16H27N3O4/c1-10(2)9-11(14(21)22)17-12(20)7-6-8-13-18-15(19-23-13)16(3,4)5/h10-11H,6-9H2,1-5H3,(H,17,20)(H,21,22)/t11-/m1/s1. The summed E-state index contributed by atoms with van der Waals surface area (Å²) in [6, 6.07) is -0.835. The third kappa shape index (κ3) is 6.80. The van der Waals surface area contributed by atoms with Gasteiger partial charge in [-0.25, -0.2) is 4.79 Å². The number of rotatable bonds is 8. The predicted octanol–water partition coefficient (Wildman–Crippen LogP) is 2.31. The topological polar surface area (TPSA) is 105 Å². The maximum atomic E-state index is 11.9. The molecule has 0 spiro atoms. The normalized spacial score (nSPS) is 13.1. The number of aromatic nitrogens is 2. The lowest BCUT2D eigenvalue weighted by atomic mass is 9.96. The average molecular weight is 325 g/mol. The molecule has 1 aromatic rings. The summed E-state index contributed by atoms with van der Waals surface area (Å²) in [5, 5.41) is 15.6. The monoisotopic (exact) mass is 325 g/mol. The van der Waals surface area contributed by atoms with Crippen LogP contribution < -0.4 is 5.32 Å². The number of hydrogen-bond donors (Lipinski definition) is 2. The van der Waals surface area contributed by atoms with E-state index >= 15 is 0 Å². The molecule has 1 rings (SSSR count). The van der Waals surface area contributed by atoms with Crippen molar-refractivity contribution in [2.75, 3.05) is 0 Å². The van der Waals surface area contributed by atoms with E-state index in [1.165, 1.54) is 0 Å². The molecule has 7 heteroatoms. The number of hydrogen-bond acceptors (Lipinski definition) is 5. The molecule has 7 nitrogen and oxygen atoms in total. The molecule has 0 unspecified atom stereocenters. The van der Waals surface area contributed by atoms with Gasteiger partial charge in [-0.15, -0.1) is 0 Å². The molecule has 0 saturated carbocycles. The summed E-state index contributed by atoms with van der Waals surface area (Å²) in [5.74, 6) is 0.0671. The van der Waals surface area contributed by atoms with Crippen molar-refractivity contribution in [3.63, 3.8) is 0 Å². The van der Waals surface area contributed by atoms with Crippen molar-refractivity contribution in [1.82, 2.24) is 15.5 Å². The Morgan fingerprint density at radius 2 is 1.96 bits per heavy atom. The van der Waals surface area contributed by atoms with Crippen LogP contribution in [0.1, 0.15) is 65.6 Å². The van der Waals surface area contributed by atoms with Crippen LogP contribution in [-0.2, 0) is 21.4 Å². The number of aryl methyl sites for hydroxylation is 1. The summed E-state index contributed by atoms with van der Waals surface area (Å²) in [7, 11) is 0. The van der Waals surface area contributed by atoms with Crippen LogP contribution in [0, 0.1) is 5.92 Å². The zero-order valence-corrected chi connectivity index (χ0v) is 14.5. The molecule has 23 heavy (non-hydrogen) atoms. The number of nitrogens with one attached hydrogen (secondary N) is 1. The van der Waals surface area contributed by atoms with Crippen molar-refractivity contribution < 1.29 is 19.2 Å². The molecule has 0 aliphatic carbocycles. The fourth-order valence-corrected chi connectivity index (χ4v) is 2.02. The molecular formula is C16H27N3O4. The van der Waals surface area contributed by atoms with Gasteiger partial charge in [0.15, 0.2) is 5.82 Å². The Balaban J connectivity index is 2.41. The molecule has 1 aromatic heterocycles. The zero-order valence-electron chi connectivity index (χ0n) is 14.5. The first-order valence-corrected chi connectivity index (χ1v) is 7.95. The number of amides is 1. The molecule has 1 heterocycles. The van der Waals surface area contributed by atoms with Gasteiger partial charge in [-0.05, 0) is 18.8 Å². The summed E-state index contributed by atoms with van der Waals surface area (Å²) < 4.78 is 5.16. The Morgan fingerprint density at radius 1 is 1.30 bits per heavy atom. The lowest BCUT2D eigenvalue weighted by Crippen LogP contribution is -2.41. The maximum Gasteiger partial charge on any atom is 0.326 e. The van der Waals surface area contributed by atoms with Crippen LogP contribution in [0.3, 0.4) is 0 Å². The van der Waals surface area contributed by atoms with Gasteiger partial charge in [-0.2, -0.15) is 4.98 Å². The Hall–Kier alpha value is -1.92. The quantitative estimate of drug-likeness (QED) is 0.760. The maximum absolute atomic E-state index is 11.9. The molecular weight excluding hydrogens is 298 g/mol. The van der Waals surface area contributed by atoms with Gasteiger partial charge in [0.1, 0.15) is 6.04 Å². The van der Waals surface area contributed by atoms with Crippen molar-refractivity contribution in [3.8, 4) is 0 Å². The van der Waals surface area contributed by atoms with Crippen LogP contribution in [0.15, 0.2) is 4.52 Å². The summed E-state index contributed by atoms with van der Waals surface area (Å²) in [5.41, 5.74) is -0.176. The van der Waals surface area contributed by atoms with E-state index in [0.717, 1.165) is 0 Å². The van der Waals surface area contributed by atoms with Crippen molar-refractivity contribution >= 4 is 11.9 Å². The fraction of sp³-hybridized carbons (Fsp3) is 0.750. The summed E-state index contributed by atoms with van der Waals surface area (Å²) in [6.45, 7) is 9.83. The number of aliphatic carboxylic acids is 1. The van der Waals surface area contributed by atoms with Crippen molar-refractivity contribution in [2.24, 2.45) is 5.92 Å². The molecule has 0 bridgehead atoms. The van der Waals surface area contributed by atoms with Gasteiger partial charge in [0.2, 0.25) is 11.8 Å². The van der Waals surface area contributed by atoms with Gasteiger partial charge >= 0.3 is 5.97 Å². The van der Waals surface area contributed by atoms with Gasteiger partial charge in [-0.1, -0.05) is 39.8 Å². The Labute approximate surface area is 136 Å². The van der Waals surface area contributed by atoms with E-state index in [4.69, 9.17) is 9.63 Å². The molecule has 0 aromatic carbocycles. The third-order valence-electron chi connectivity index (χ3n) is 3.27. The number of carboxylic acid groups (broad SMARTS) is 1. The lowest BCUT2D eigenvalue weighted by molar-refractivity contribution is -0.142. The van der Waals surface area contributed by atoms with Gasteiger partial charge in [0.25, 0.3) is 0 Å². The fourth-order valence-electron chi connectivity index (χ4n) is 2.02. The molecule has 1 atom stereocenters. The van der Waals surface area contributed by atoms with E-state index in [2.05, 4.69) is 15.5 Å². The minimum absolute atomic E-state index is 0.176. The van der Waals surface area contributed by atoms with E-state index in [1.54, 1.807) is 0 Å². The highest BCUT2D eigenvalue weighted by Gasteiger charge is 2.22. The first-order valence-electron chi connectivity index (χ1n) is 7.95. The highest BCUT2D eigenvalue weighted by Crippen LogP contribution is 2.18. The summed E-state index contributed by atoms with van der Waals surface area (Å²) in [4.78, 5) is 27.3. The van der Waals surface area contributed by atoms with Crippen molar-refractivity contribution in [2.45, 2.75) is 71.8 Å². The minimum Gasteiger partial charge on any atom is -0.480 e. The van der Waals surface area contributed by atoms with E-state index in [-0.39, 0.29) is 23.7 Å². The SMILES string of the molecule is CC(C)C[C@@H](NC(=O)CCCc1nc(C(C)(C)C)no1)C(=O)O. The van der Waals surface area contributed by atoms with E-state index in [1.807, 2.05) is 34.6 Å². The van der Waals surface area contributed by atoms with Crippen LogP contribution >= 0.6 is 0 Å². The lowest BCUT2D eigenvalue weighted by Gasteiger charge is -2.16. The second-order valence-corrected chi connectivity index (χ2v) is 7.20. The Morgan fingerprint density at radius 3 is 2.43 bits per heavy atom. The summed E-state index contributed by atoms with van der Waals surface area (Å²) in [6.07, 6.45) is 1.68. The number of carbonyl (C=O) groups excluding carboxylic acids is 1. The molecule has 130 valence electrons. The van der Waals surface area contributed by atoms with E-state index < -0.39 is 12.0 Å². The second kappa shape index (κ2) is 8.08. The summed E-state index contributed by atoms with van der Waals surface area (Å²) >= 11 is 0. The van der Waals surface area contributed by atoms with Gasteiger partial charge in [0.05, 0.1) is 0 Å². The zero-order chi connectivity index (χ0) is 17.6. The van der Waals surface area contributed by atoms with E-state index in [9.17, 15) is 9.59 Å². The molecule has 0 saturated heterocycles. The molecule has 2 N–H and O–H groups in total. The van der Waals surface area contributed by atoms with Crippen molar-refractivity contribution in [3.05, 3.63) is 11.7 Å². The van der Waals surface area contributed by atoms with Crippen LogP contribution in [0.25, 0.3) is 0 Å². The number of carboxylic acids is 1. The first-order chi connectivity index (χ1) is 10.6. The molecule has 0 aliphatic heterocycles. The van der Waals surface area contributed by atoms with Gasteiger partial charge < -0.3 is 14.9 Å². The van der Waals surface area contributed by atoms with Gasteiger partial charge in [0, 0.05) is 18.3 Å². The van der Waals surface area contributed by atoms with Gasteiger partial charge in [-0.3, -0.25) is 4.79 Å². The molecule has 1 amide bonds. The Bertz CT molecular complexity index is 532. The smallest absolute Gasteiger partial charge is 0.326 e. The van der Waals surface area contributed by atoms with E-state index in [0.29, 0.717) is 31.0 Å². The number of carbonyl (C=O) groups is 2. The predicted molar refractivity (Wildman–Crippen MR) is 85.0 cm³/mol. The minimum atomic E-state index is -1.00.